The molecule has 112 valence electrons. The highest BCUT2D eigenvalue weighted by molar-refractivity contribution is 5.73. The van der Waals surface area contributed by atoms with Crippen LogP contribution in [0.3, 0.4) is 0 Å². The molecular formula is C16H23FO3. The summed E-state index contributed by atoms with van der Waals surface area (Å²) in [7, 11) is 0. The highest BCUT2D eigenvalue weighted by Gasteiger charge is 2.24. The topological polar surface area (TPSA) is 35.5 Å². The zero-order valence-electron chi connectivity index (χ0n) is 12.8. The van der Waals surface area contributed by atoms with Gasteiger partial charge in [-0.1, -0.05) is 45.9 Å². The molecule has 0 saturated heterocycles. The monoisotopic (exact) mass is 282 g/mol. The third-order valence-corrected chi connectivity index (χ3v) is 3.01. The van der Waals surface area contributed by atoms with Crippen LogP contribution in [0.25, 0.3) is 0 Å². The van der Waals surface area contributed by atoms with Crippen LogP contribution in [0.2, 0.25) is 0 Å². The molecule has 1 aromatic rings. The molecule has 3 nitrogen and oxygen atoms in total. The van der Waals surface area contributed by atoms with E-state index in [0.29, 0.717) is 5.75 Å². The van der Waals surface area contributed by atoms with E-state index < -0.39 is 12.3 Å². The number of hydrogen-bond acceptors (Lipinski definition) is 3. The van der Waals surface area contributed by atoms with Crippen molar-refractivity contribution < 1.29 is 18.7 Å². The smallest absolute Gasteiger partial charge is 0.381 e. The summed E-state index contributed by atoms with van der Waals surface area (Å²) >= 11 is 0. The Labute approximate surface area is 120 Å². The summed E-state index contributed by atoms with van der Waals surface area (Å²) in [5.41, 5.74) is 1.78. The van der Waals surface area contributed by atoms with Crippen molar-refractivity contribution in [3.05, 3.63) is 29.3 Å². The highest BCUT2D eigenvalue weighted by atomic mass is 19.1. The molecule has 0 aliphatic carbocycles. The summed E-state index contributed by atoms with van der Waals surface area (Å²) in [5.74, 6) is -0.171. The van der Waals surface area contributed by atoms with Crippen LogP contribution in [0.1, 0.15) is 57.6 Å². The molecule has 0 radical (unpaired) electrons. The summed E-state index contributed by atoms with van der Waals surface area (Å²) in [5, 5.41) is 0. The number of para-hydroxylation sites is 1. The number of hydrogen-bond donors (Lipinski definition) is 0. The second-order valence-electron chi connectivity index (χ2n) is 5.26. The molecule has 0 spiro atoms. The number of ether oxygens (including phenoxy) is 2. The van der Waals surface area contributed by atoms with Crippen LogP contribution in [0.5, 0.6) is 5.75 Å². The van der Waals surface area contributed by atoms with Crippen molar-refractivity contribution in [1.29, 1.82) is 0 Å². The van der Waals surface area contributed by atoms with Crippen LogP contribution in [-0.2, 0) is 9.53 Å². The summed E-state index contributed by atoms with van der Waals surface area (Å²) in [6, 6.07) is 5.71. The molecule has 1 rings (SSSR count). The van der Waals surface area contributed by atoms with Crippen LogP contribution < -0.4 is 4.74 Å². The lowest BCUT2D eigenvalue weighted by atomic mass is 9.94. The van der Waals surface area contributed by atoms with Crippen molar-refractivity contribution in [2.45, 2.75) is 52.8 Å². The largest absolute Gasteiger partial charge is 0.461 e. The second-order valence-corrected chi connectivity index (χ2v) is 5.26. The summed E-state index contributed by atoms with van der Waals surface area (Å²) in [6.45, 7) is 9.78. The molecule has 20 heavy (non-hydrogen) atoms. The van der Waals surface area contributed by atoms with Crippen LogP contribution in [0.15, 0.2) is 18.2 Å². The van der Waals surface area contributed by atoms with E-state index in [2.05, 4.69) is 4.74 Å². The molecule has 0 heterocycles. The Kier molecular flexibility index (Phi) is 5.99. The molecule has 0 aliphatic heterocycles. The molecule has 0 aliphatic rings. The molecule has 1 aromatic carbocycles. The molecule has 0 aromatic heterocycles. The van der Waals surface area contributed by atoms with E-state index in [1.165, 1.54) is 0 Å². The normalized spacial score (nSPS) is 12.6. The van der Waals surface area contributed by atoms with Gasteiger partial charge in [0.2, 0.25) is 0 Å². The Morgan fingerprint density at radius 2 is 1.65 bits per heavy atom. The van der Waals surface area contributed by atoms with Gasteiger partial charge in [0.15, 0.2) is 0 Å². The average Bonchev–Trinajstić information content (AvgIpc) is 2.38. The van der Waals surface area contributed by atoms with E-state index in [1.54, 1.807) is 6.92 Å². The van der Waals surface area contributed by atoms with Crippen molar-refractivity contribution in [3.63, 3.8) is 0 Å². The van der Waals surface area contributed by atoms with Crippen molar-refractivity contribution in [2.75, 3.05) is 6.61 Å². The van der Waals surface area contributed by atoms with Gasteiger partial charge >= 0.3 is 12.3 Å². The van der Waals surface area contributed by atoms with E-state index in [-0.39, 0.29) is 18.4 Å². The summed E-state index contributed by atoms with van der Waals surface area (Å²) < 4.78 is 23.8. The van der Waals surface area contributed by atoms with Crippen LogP contribution in [0, 0.1) is 0 Å². The van der Waals surface area contributed by atoms with Crippen molar-refractivity contribution in [1.82, 2.24) is 0 Å². The van der Waals surface area contributed by atoms with E-state index in [4.69, 9.17) is 4.74 Å². The van der Waals surface area contributed by atoms with Gasteiger partial charge in [0.05, 0.1) is 6.61 Å². The fourth-order valence-corrected chi connectivity index (χ4v) is 1.98. The number of benzene rings is 1. The minimum absolute atomic E-state index is 0.130. The number of rotatable bonds is 6. The van der Waals surface area contributed by atoms with Gasteiger partial charge in [-0.2, -0.15) is 4.39 Å². The first-order chi connectivity index (χ1) is 9.38. The van der Waals surface area contributed by atoms with Gasteiger partial charge in [0.1, 0.15) is 5.75 Å². The van der Waals surface area contributed by atoms with Gasteiger partial charge in [0.25, 0.3) is 0 Å². The highest BCUT2D eigenvalue weighted by Crippen LogP contribution is 2.35. The average molecular weight is 282 g/mol. The number of esters is 1. The Morgan fingerprint density at radius 1 is 1.15 bits per heavy atom. The Morgan fingerprint density at radius 3 is 2.05 bits per heavy atom. The number of alkyl halides is 1. The first-order valence-electron chi connectivity index (χ1n) is 6.98. The quantitative estimate of drug-likeness (QED) is 0.735. The maximum Gasteiger partial charge on any atom is 0.381 e. The van der Waals surface area contributed by atoms with Crippen LogP contribution in [0.4, 0.5) is 4.39 Å². The van der Waals surface area contributed by atoms with Gasteiger partial charge in [0, 0.05) is 0 Å². The predicted molar refractivity (Wildman–Crippen MR) is 76.8 cm³/mol. The molecule has 0 fully saturated rings. The molecule has 0 saturated carbocycles. The maximum absolute atomic E-state index is 13.9. The molecule has 4 heteroatoms. The minimum atomic E-state index is -2.09. The molecule has 0 amide bonds. The molecule has 1 unspecified atom stereocenters. The Hall–Kier alpha value is -1.58. The molecule has 0 bridgehead atoms. The number of carbonyl (C=O) groups is 1. The lowest BCUT2D eigenvalue weighted by molar-refractivity contribution is -0.159. The molecule has 1 atom stereocenters. The summed E-state index contributed by atoms with van der Waals surface area (Å²) in [4.78, 5) is 11.4. The van der Waals surface area contributed by atoms with Crippen LogP contribution >= 0.6 is 0 Å². The zero-order valence-corrected chi connectivity index (χ0v) is 12.8. The van der Waals surface area contributed by atoms with E-state index in [1.807, 2.05) is 45.9 Å². The Balaban J connectivity index is 3.10. The van der Waals surface area contributed by atoms with Gasteiger partial charge in [-0.05, 0) is 29.9 Å². The lowest BCUT2D eigenvalue weighted by Crippen LogP contribution is -2.26. The lowest BCUT2D eigenvalue weighted by Gasteiger charge is -2.21. The SMILES string of the molecule is CCOC(=O)C(F)Oc1c(C(C)C)cccc1C(C)C. The molecular weight excluding hydrogens is 259 g/mol. The summed E-state index contributed by atoms with van der Waals surface area (Å²) in [6.07, 6.45) is -2.09. The third kappa shape index (κ3) is 3.95. The predicted octanol–water partition coefficient (Wildman–Crippen LogP) is 4.17. The zero-order chi connectivity index (χ0) is 15.3. The van der Waals surface area contributed by atoms with E-state index in [9.17, 15) is 9.18 Å². The fourth-order valence-electron chi connectivity index (χ4n) is 1.98. The minimum Gasteiger partial charge on any atom is -0.461 e. The maximum atomic E-state index is 13.9. The first kappa shape index (κ1) is 16.5. The van der Waals surface area contributed by atoms with E-state index in [0.717, 1.165) is 11.1 Å². The van der Waals surface area contributed by atoms with Gasteiger partial charge in [-0.15, -0.1) is 0 Å². The van der Waals surface area contributed by atoms with Gasteiger partial charge in [-0.3, -0.25) is 0 Å². The van der Waals surface area contributed by atoms with Gasteiger partial charge in [-0.25, -0.2) is 4.79 Å². The Bertz CT molecular complexity index is 429. The third-order valence-electron chi connectivity index (χ3n) is 3.01. The van der Waals surface area contributed by atoms with E-state index >= 15 is 0 Å². The second kappa shape index (κ2) is 7.27. The van der Waals surface area contributed by atoms with Crippen molar-refractivity contribution in [2.24, 2.45) is 0 Å². The number of halogens is 1. The fraction of sp³-hybridized carbons (Fsp3) is 0.562. The molecule has 0 N–H and O–H groups in total. The standard InChI is InChI=1S/C16H23FO3/c1-6-19-16(18)15(17)20-14-12(10(2)3)8-7-9-13(14)11(4)5/h7-11,15H,6H2,1-5H3. The number of carbonyl (C=O) groups excluding carboxylic acids is 1. The van der Waals surface area contributed by atoms with Crippen molar-refractivity contribution >= 4 is 5.97 Å². The first-order valence-corrected chi connectivity index (χ1v) is 6.98. The van der Waals surface area contributed by atoms with Crippen LogP contribution in [-0.4, -0.2) is 18.9 Å². The van der Waals surface area contributed by atoms with Crippen molar-refractivity contribution in [3.8, 4) is 5.75 Å². The van der Waals surface area contributed by atoms with Gasteiger partial charge < -0.3 is 9.47 Å².